The molecule has 0 aromatic heterocycles. The second kappa shape index (κ2) is 40.8. The van der Waals surface area contributed by atoms with Gasteiger partial charge in [-0.25, -0.2) is 4.18 Å². The molecule has 0 aromatic carbocycles. The highest BCUT2D eigenvalue weighted by molar-refractivity contribution is 7.80. The van der Waals surface area contributed by atoms with Gasteiger partial charge in [-0.1, -0.05) is 231 Å². The summed E-state index contributed by atoms with van der Waals surface area (Å²) < 4.78 is 47.6. The maximum atomic E-state index is 13.2. The van der Waals surface area contributed by atoms with Crippen molar-refractivity contribution in [1.29, 1.82) is 0 Å². The summed E-state index contributed by atoms with van der Waals surface area (Å²) >= 11 is 0. The highest BCUT2D eigenvalue weighted by Crippen LogP contribution is 2.26. The molecule has 1 amide bonds. The third-order valence-electron chi connectivity index (χ3n) is 12.7. The second-order valence-corrected chi connectivity index (χ2v) is 19.7. The topological polar surface area (TPSA) is 212 Å². The lowest BCUT2D eigenvalue weighted by molar-refractivity contribution is -0.298. The number of nitrogens with one attached hydrogen (secondary N) is 1. The predicted octanol–water partition coefficient (Wildman–Crippen LogP) is 10.1. The van der Waals surface area contributed by atoms with Crippen LogP contribution < -0.4 is 5.32 Å². The number of ether oxygens (including phenoxy) is 2. The molecule has 1 fully saturated rings. The van der Waals surface area contributed by atoms with Crippen molar-refractivity contribution in [2.45, 2.75) is 288 Å². The van der Waals surface area contributed by atoms with Crippen molar-refractivity contribution in [3.63, 3.8) is 0 Å². The molecule has 0 aliphatic carbocycles. The van der Waals surface area contributed by atoms with Gasteiger partial charge >= 0.3 is 10.4 Å². The van der Waals surface area contributed by atoms with Gasteiger partial charge in [0.25, 0.3) is 0 Å². The van der Waals surface area contributed by atoms with Crippen LogP contribution >= 0.6 is 0 Å². The van der Waals surface area contributed by atoms with Gasteiger partial charge in [0, 0.05) is 0 Å². The van der Waals surface area contributed by atoms with Crippen LogP contribution in [0.1, 0.15) is 239 Å². The summed E-state index contributed by atoms with van der Waals surface area (Å²) in [5.41, 5.74) is 0. The summed E-state index contributed by atoms with van der Waals surface area (Å²) in [6.45, 7) is 3.25. The predicted molar refractivity (Wildman–Crippen MR) is 256 cm³/mol. The molecule has 0 spiro atoms. The van der Waals surface area contributed by atoms with E-state index < -0.39 is 78.5 Å². The van der Waals surface area contributed by atoms with Crippen LogP contribution in [0, 0.1) is 0 Å². The zero-order chi connectivity index (χ0) is 47.1. The fourth-order valence-electron chi connectivity index (χ4n) is 8.52. The largest absolute Gasteiger partial charge is 0.397 e. The maximum Gasteiger partial charge on any atom is 0.397 e. The van der Waals surface area contributed by atoms with Crippen molar-refractivity contribution in [2.75, 3.05) is 13.2 Å². The molecule has 13 nitrogen and oxygen atoms in total. The number of hydrogen-bond donors (Lipinski definition) is 7. The maximum absolute atomic E-state index is 13.2. The van der Waals surface area contributed by atoms with Gasteiger partial charge < -0.3 is 40.3 Å². The van der Waals surface area contributed by atoms with E-state index in [1.807, 2.05) is 6.08 Å². The SMILES string of the molecule is CCCCCCCCCCCCCCCCCC/C=C/C(O)C(COC1OC(CO)C(O)C(OS(=O)(=O)O)C1O)NC(=O)C(O)CCCCCCCCCCCCCCCCCCC. The molecule has 1 aliphatic rings. The molecule has 0 aromatic rings. The first-order valence-corrected chi connectivity index (χ1v) is 27.5. The normalized spacial score (nSPS) is 20.8. The van der Waals surface area contributed by atoms with Crippen molar-refractivity contribution in [1.82, 2.24) is 5.32 Å². The zero-order valence-corrected chi connectivity index (χ0v) is 41.3. The number of aliphatic hydroxyl groups excluding tert-OH is 5. The number of hydrogen-bond acceptors (Lipinski definition) is 11. The van der Waals surface area contributed by atoms with Crippen molar-refractivity contribution >= 4 is 16.3 Å². The molecule has 7 N–H and O–H groups in total. The molecular formula is C50H97NO12S. The summed E-state index contributed by atoms with van der Waals surface area (Å²) in [4.78, 5) is 13.2. The minimum Gasteiger partial charge on any atom is -0.394 e. The summed E-state index contributed by atoms with van der Waals surface area (Å²) in [7, 11) is -5.12. The molecule has 1 heterocycles. The number of aliphatic hydroxyl groups is 5. The van der Waals surface area contributed by atoms with Gasteiger partial charge in [0.05, 0.1) is 25.4 Å². The van der Waals surface area contributed by atoms with Crippen LogP contribution in [0.3, 0.4) is 0 Å². The van der Waals surface area contributed by atoms with Crippen LogP contribution in [0.5, 0.6) is 0 Å². The summed E-state index contributed by atoms with van der Waals surface area (Å²) in [5, 5.41) is 55.4. The van der Waals surface area contributed by atoms with Gasteiger partial charge in [0.2, 0.25) is 5.91 Å². The van der Waals surface area contributed by atoms with E-state index in [9.17, 15) is 43.3 Å². The van der Waals surface area contributed by atoms with Gasteiger partial charge in [-0.15, -0.1) is 0 Å². The van der Waals surface area contributed by atoms with Gasteiger partial charge in [-0.3, -0.25) is 9.35 Å². The number of unbranched alkanes of at least 4 members (excludes halogenated alkanes) is 32. The average molecular weight is 936 g/mol. The number of carbonyl (C=O) groups is 1. The van der Waals surface area contributed by atoms with Crippen LogP contribution in [0.2, 0.25) is 0 Å². The first-order valence-electron chi connectivity index (χ1n) is 26.2. The Morgan fingerprint density at radius 1 is 0.625 bits per heavy atom. The van der Waals surface area contributed by atoms with Crippen molar-refractivity contribution in [3.05, 3.63) is 12.2 Å². The lowest BCUT2D eigenvalue weighted by atomic mass is 9.99. The van der Waals surface area contributed by atoms with Crippen LogP contribution in [-0.4, -0.2) is 107 Å². The van der Waals surface area contributed by atoms with Crippen molar-refractivity contribution in [3.8, 4) is 0 Å². The average Bonchev–Trinajstić information content (AvgIpc) is 3.27. The molecule has 64 heavy (non-hydrogen) atoms. The summed E-state index contributed by atoms with van der Waals surface area (Å²) in [6.07, 6.45) is 34.2. The molecular weight excluding hydrogens is 839 g/mol. The Morgan fingerprint density at radius 2 is 1.02 bits per heavy atom. The Labute approximate surface area is 390 Å². The number of carbonyl (C=O) groups excluding carboxylic acids is 1. The van der Waals surface area contributed by atoms with E-state index >= 15 is 0 Å². The molecule has 1 rings (SSSR count). The monoisotopic (exact) mass is 936 g/mol. The minimum absolute atomic E-state index is 0.248. The molecule has 1 aliphatic heterocycles. The van der Waals surface area contributed by atoms with Gasteiger partial charge in [0.15, 0.2) is 6.29 Å². The standard InChI is InChI=1S/C50H97NO12S/c1-3-5-7-9-11-13-15-17-19-21-23-24-26-28-30-32-34-36-38-43(53)42(41-61-50-47(56)48(63-64(58,59)60)46(55)45(40-52)62-50)51-49(57)44(54)39-37-35-33-31-29-27-25-22-20-18-16-14-12-10-8-6-4-2/h36,38,42-48,50,52-56H,3-35,37,39-41H2,1-2H3,(H,51,57)(H,58,59,60)/b38-36+. The second-order valence-electron chi connectivity index (χ2n) is 18.6. The molecule has 1 saturated heterocycles. The van der Waals surface area contributed by atoms with Crippen molar-refractivity contribution in [2.24, 2.45) is 0 Å². The van der Waals surface area contributed by atoms with Crippen molar-refractivity contribution < 1.29 is 57.0 Å². The van der Waals surface area contributed by atoms with E-state index in [0.717, 1.165) is 38.5 Å². The van der Waals surface area contributed by atoms with Crippen LogP contribution in [0.25, 0.3) is 0 Å². The zero-order valence-electron chi connectivity index (χ0n) is 40.5. The molecule has 380 valence electrons. The summed E-state index contributed by atoms with van der Waals surface area (Å²) in [6, 6.07) is -1.11. The number of rotatable bonds is 45. The van der Waals surface area contributed by atoms with E-state index in [2.05, 4.69) is 23.3 Å². The van der Waals surface area contributed by atoms with Gasteiger partial charge in [-0.05, 0) is 19.3 Å². The Morgan fingerprint density at radius 3 is 1.41 bits per heavy atom. The highest BCUT2D eigenvalue weighted by Gasteiger charge is 2.48. The first-order chi connectivity index (χ1) is 30.9. The van der Waals surface area contributed by atoms with Crippen LogP contribution in [-0.2, 0) is 28.9 Å². The third kappa shape index (κ3) is 32.5. The van der Waals surface area contributed by atoms with E-state index in [4.69, 9.17) is 9.47 Å². The van der Waals surface area contributed by atoms with Crippen LogP contribution in [0.4, 0.5) is 0 Å². The molecule has 0 bridgehead atoms. The van der Waals surface area contributed by atoms with E-state index in [1.165, 1.54) is 167 Å². The first kappa shape index (κ1) is 60.8. The molecule has 0 saturated carbocycles. The fourth-order valence-corrected chi connectivity index (χ4v) is 9.03. The Bertz CT molecular complexity index is 1210. The van der Waals surface area contributed by atoms with Gasteiger partial charge in [-0.2, -0.15) is 8.42 Å². The molecule has 8 unspecified atom stereocenters. The molecule has 8 atom stereocenters. The van der Waals surface area contributed by atoms with Gasteiger partial charge in [0.1, 0.15) is 30.5 Å². The molecule has 0 radical (unpaired) electrons. The van der Waals surface area contributed by atoms with E-state index in [-0.39, 0.29) is 6.42 Å². The lowest BCUT2D eigenvalue weighted by Gasteiger charge is -2.41. The van der Waals surface area contributed by atoms with E-state index in [1.54, 1.807) is 6.08 Å². The minimum atomic E-state index is -5.12. The van der Waals surface area contributed by atoms with Crippen LogP contribution in [0.15, 0.2) is 12.2 Å². The Balaban J connectivity index is 2.51. The smallest absolute Gasteiger partial charge is 0.394 e. The summed E-state index contributed by atoms with van der Waals surface area (Å²) in [5.74, 6) is -0.698. The Hall–Kier alpha value is -1.20. The Kier molecular flexibility index (Phi) is 38.8. The fraction of sp³-hybridized carbons (Fsp3) is 0.940. The third-order valence-corrected chi connectivity index (χ3v) is 13.1. The highest BCUT2D eigenvalue weighted by atomic mass is 32.3. The van der Waals surface area contributed by atoms with E-state index in [0.29, 0.717) is 12.8 Å². The number of amides is 1. The lowest BCUT2D eigenvalue weighted by Crippen LogP contribution is -2.61. The quantitative estimate of drug-likeness (QED) is 0.0173. The number of allylic oxidation sites excluding steroid dienone is 1. The molecule has 14 heteroatoms.